The van der Waals surface area contributed by atoms with Gasteiger partial charge in [0.2, 0.25) is 0 Å². The Labute approximate surface area is 176 Å². The molecule has 0 atom stereocenters. The van der Waals surface area contributed by atoms with Crippen molar-refractivity contribution in [3.8, 4) is 0 Å². The minimum Gasteiger partial charge on any atom is -0.330 e. The molecule has 0 aliphatic heterocycles. The van der Waals surface area contributed by atoms with E-state index < -0.39 is 0 Å². The molecule has 0 aromatic rings. The summed E-state index contributed by atoms with van der Waals surface area (Å²) in [4.78, 5) is 0. The lowest BCUT2D eigenvalue weighted by Crippen LogP contribution is -2.40. The van der Waals surface area contributed by atoms with Gasteiger partial charge in [-0.1, -0.05) is 109 Å². The van der Waals surface area contributed by atoms with Gasteiger partial charge in [0.1, 0.15) is 0 Å². The quantitative estimate of drug-likeness (QED) is 0.140. The smallest absolute Gasteiger partial charge is 0.0907 e. The molecule has 0 fully saturated rings. The molecule has 0 amide bonds. The zero-order valence-corrected chi connectivity index (χ0v) is 21.8. The van der Waals surface area contributed by atoms with Gasteiger partial charge in [0.25, 0.3) is 0 Å². The number of rotatable bonds is 22. The van der Waals surface area contributed by atoms with Gasteiger partial charge in [0.05, 0.1) is 27.7 Å². The molecule has 0 radical (unpaired) electrons. The van der Waals surface area contributed by atoms with Crippen LogP contribution in [0.1, 0.15) is 109 Å². The Balaban J connectivity index is 3.01. The van der Waals surface area contributed by atoms with Crippen molar-refractivity contribution in [3.05, 3.63) is 0 Å². The fourth-order valence-corrected chi connectivity index (χ4v) is 4.19. The number of hydrogen-bond donors (Lipinski definition) is 1. The zero-order valence-electron chi connectivity index (χ0n) is 19.8. The van der Waals surface area contributed by atoms with Crippen molar-refractivity contribution in [2.75, 3.05) is 40.8 Å². The Kier molecular flexibility index (Phi) is 21.0. The minimum absolute atomic E-state index is 1.06. The van der Waals surface area contributed by atoms with E-state index in [1.165, 1.54) is 139 Å². The third-order valence-electron chi connectivity index (χ3n) is 5.67. The van der Waals surface area contributed by atoms with Crippen molar-refractivity contribution >= 4 is 10.2 Å². The van der Waals surface area contributed by atoms with E-state index in [0.717, 1.165) is 11.0 Å². The van der Waals surface area contributed by atoms with Crippen LogP contribution < -0.4 is 5.32 Å². The molecule has 0 aromatic carbocycles. The van der Waals surface area contributed by atoms with E-state index in [9.17, 15) is 0 Å². The second-order valence-electron chi connectivity index (χ2n) is 9.77. The Morgan fingerprint density at radius 2 is 0.815 bits per heavy atom. The minimum atomic E-state index is 1.06. The van der Waals surface area contributed by atoms with Crippen LogP contribution in [-0.2, 0) is 0 Å². The van der Waals surface area contributed by atoms with Crippen molar-refractivity contribution in [1.82, 2.24) is 5.32 Å². The standard InChI is InChI=1S/C24H55N2Si/c1-26(2,3)23-22-25-21-19-17-15-13-11-9-7-5-4-6-8-10-12-14-16-18-20-24-27/h25H,4-24H2,1-3,27H3/q+1. The summed E-state index contributed by atoms with van der Waals surface area (Å²) in [6.45, 7) is 3.59. The summed E-state index contributed by atoms with van der Waals surface area (Å²) >= 11 is 0. The van der Waals surface area contributed by atoms with Gasteiger partial charge < -0.3 is 9.80 Å². The van der Waals surface area contributed by atoms with Crippen LogP contribution in [-0.4, -0.2) is 55.5 Å². The molecule has 0 bridgehead atoms. The number of likely N-dealkylation sites (N-methyl/N-ethyl adjacent to an activating group) is 1. The van der Waals surface area contributed by atoms with Gasteiger partial charge in [-0.15, -0.1) is 0 Å². The van der Waals surface area contributed by atoms with Crippen molar-refractivity contribution < 1.29 is 4.48 Å². The Morgan fingerprint density at radius 1 is 0.481 bits per heavy atom. The Morgan fingerprint density at radius 3 is 1.15 bits per heavy atom. The molecule has 0 saturated carbocycles. The zero-order chi connectivity index (χ0) is 20.1. The van der Waals surface area contributed by atoms with Gasteiger partial charge in [0.15, 0.2) is 0 Å². The predicted molar refractivity (Wildman–Crippen MR) is 129 cm³/mol. The van der Waals surface area contributed by atoms with Crippen molar-refractivity contribution in [3.63, 3.8) is 0 Å². The maximum Gasteiger partial charge on any atom is 0.0907 e. The van der Waals surface area contributed by atoms with Gasteiger partial charge in [-0.3, -0.25) is 0 Å². The van der Waals surface area contributed by atoms with Crippen LogP contribution in [0.2, 0.25) is 6.04 Å². The van der Waals surface area contributed by atoms with E-state index in [1.54, 1.807) is 0 Å². The normalized spacial score (nSPS) is 12.1. The molecular weight excluding hydrogens is 344 g/mol. The van der Waals surface area contributed by atoms with Gasteiger partial charge >= 0.3 is 0 Å². The summed E-state index contributed by atoms with van der Waals surface area (Å²) < 4.78 is 1.06. The first-order valence-electron chi connectivity index (χ1n) is 12.6. The Hall–Kier alpha value is 0.137. The monoisotopic (exact) mass is 399 g/mol. The average Bonchev–Trinajstić information content (AvgIpc) is 2.62. The van der Waals surface area contributed by atoms with Crippen LogP contribution in [0.5, 0.6) is 0 Å². The van der Waals surface area contributed by atoms with Crippen LogP contribution in [0.3, 0.4) is 0 Å². The third-order valence-corrected chi connectivity index (χ3v) is 6.37. The average molecular weight is 400 g/mol. The fourth-order valence-electron chi connectivity index (χ4n) is 3.69. The molecule has 3 heteroatoms. The largest absolute Gasteiger partial charge is 0.330 e. The van der Waals surface area contributed by atoms with E-state index >= 15 is 0 Å². The molecule has 0 rings (SSSR count). The predicted octanol–water partition coefficient (Wildman–Crippen LogP) is 5.70. The molecule has 0 heterocycles. The maximum absolute atomic E-state index is 3.58. The van der Waals surface area contributed by atoms with E-state index in [1.807, 2.05) is 0 Å². The van der Waals surface area contributed by atoms with Crippen LogP contribution in [0.25, 0.3) is 0 Å². The van der Waals surface area contributed by atoms with E-state index in [-0.39, 0.29) is 0 Å². The number of hydrogen-bond acceptors (Lipinski definition) is 1. The lowest BCUT2D eigenvalue weighted by Gasteiger charge is -2.23. The molecule has 0 aliphatic rings. The summed E-state index contributed by atoms with van der Waals surface area (Å²) in [7, 11) is 8.19. The molecule has 27 heavy (non-hydrogen) atoms. The van der Waals surface area contributed by atoms with E-state index in [0.29, 0.717) is 0 Å². The highest BCUT2D eigenvalue weighted by Gasteiger charge is 2.04. The summed E-state index contributed by atoms with van der Waals surface area (Å²) in [6.07, 6.45) is 25.0. The number of nitrogens with zero attached hydrogens (tertiary/aromatic N) is 1. The first kappa shape index (κ1) is 27.1. The Bertz CT molecular complexity index is 276. The molecule has 164 valence electrons. The summed E-state index contributed by atoms with van der Waals surface area (Å²) in [5.41, 5.74) is 0. The second kappa shape index (κ2) is 20.9. The lowest BCUT2D eigenvalue weighted by atomic mass is 10.0. The summed E-state index contributed by atoms with van der Waals surface area (Å²) in [5.74, 6) is 0. The van der Waals surface area contributed by atoms with E-state index in [4.69, 9.17) is 0 Å². The van der Waals surface area contributed by atoms with Crippen molar-refractivity contribution in [2.24, 2.45) is 0 Å². The van der Waals surface area contributed by atoms with Crippen LogP contribution in [0, 0.1) is 0 Å². The number of unbranched alkanes of at least 4 members (excludes halogenated alkanes) is 16. The van der Waals surface area contributed by atoms with Gasteiger partial charge in [-0.05, 0) is 13.0 Å². The highest BCUT2D eigenvalue weighted by molar-refractivity contribution is 6.08. The molecule has 0 spiro atoms. The topological polar surface area (TPSA) is 12.0 Å². The second-order valence-corrected chi connectivity index (χ2v) is 10.8. The van der Waals surface area contributed by atoms with Gasteiger partial charge in [0, 0.05) is 16.8 Å². The number of quaternary nitrogens is 1. The summed E-state index contributed by atoms with van der Waals surface area (Å²) in [6, 6.07) is 1.51. The summed E-state index contributed by atoms with van der Waals surface area (Å²) in [5, 5.41) is 3.58. The fraction of sp³-hybridized carbons (Fsp3) is 1.00. The van der Waals surface area contributed by atoms with Gasteiger partial charge in [-0.2, -0.15) is 0 Å². The van der Waals surface area contributed by atoms with E-state index in [2.05, 4.69) is 26.5 Å². The highest BCUT2D eigenvalue weighted by Crippen LogP contribution is 2.14. The first-order chi connectivity index (χ1) is 13.1. The first-order valence-corrected chi connectivity index (χ1v) is 14.0. The SMILES string of the molecule is C[N+](C)(C)CCNCCCCCCCCCCCCCCCCCCC[SiH3]. The van der Waals surface area contributed by atoms with Crippen LogP contribution in [0.15, 0.2) is 0 Å². The molecule has 1 N–H and O–H groups in total. The highest BCUT2D eigenvalue weighted by atomic mass is 28.1. The van der Waals surface area contributed by atoms with Crippen LogP contribution >= 0.6 is 0 Å². The lowest BCUT2D eigenvalue weighted by molar-refractivity contribution is -0.869. The van der Waals surface area contributed by atoms with Gasteiger partial charge in [-0.25, -0.2) is 0 Å². The van der Waals surface area contributed by atoms with Crippen molar-refractivity contribution in [2.45, 2.75) is 115 Å². The molecule has 2 nitrogen and oxygen atoms in total. The van der Waals surface area contributed by atoms with Crippen LogP contribution in [0.4, 0.5) is 0 Å². The maximum atomic E-state index is 3.58. The molecular formula is C24H55N2Si+. The number of nitrogens with one attached hydrogen (secondary N) is 1. The molecule has 0 aliphatic carbocycles. The molecule has 0 saturated heterocycles. The molecule has 0 aromatic heterocycles. The molecule has 0 unspecified atom stereocenters. The third kappa shape index (κ3) is 26.1. The van der Waals surface area contributed by atoms with Crippen molar-refractivity contribution in [1.29, 1.82) is 0 Å².